The molecular weight excluding hydrogens is 256 g/mol. The van der Waals surface area contributed by atoms with Gasteiger partial charge in [-0.2, -0.15) is 0 Å². The van der Waals surface area contributed by atoms with Gasteiger partial charge in [0.05, 0.1) is 10.1 Å². The molecule has 1 fully saturated rings. The van der Waals surface area contributed by atoms with Gasteiger partial charge in [-0.25, -0.2) is 13.4 Å². The number of hydrogen-bond donors (Lipinski definition) is 1. The highest BCUT2D eigenvalue weighted by molar-refractivity contribution is 7.92. The molecule has 1 aromatic rings. The maximum absolute atomic E-state index is 12.3. The monoisotopic (exact) mass is 270 g/mol. The van der Waals surface area contributed by atoms with E-state index < -0.39 is 21.0 Å². The van der Waals surface area contributed by atoms with Crippen molar-refractivity contribution >= 4 is 15.7 Å². The fraction of sp³-hybridized carbons (Fsp3) is 0.455. The van der Waals surface area contributed by atoms with Gasteiger partial charge < -0.3 is 10.5 Å². The van der Waals surface area contributed by atoms with Crippen molar-refractivity contribution in [3.63, 3.8) is 0 Å². The Kier molecular flexibility index (Phi) is 3.63. The first kappa shape index (κ1) is 13.0. The first-order valence-corrected chi connectivity index (χ1v) is 7.14. The van der Waals surface area contributed by atoms with Crippen molar-refractivity contribution in [3.8, 4) is 0 Å². The number of carbonyl (C=O) groups excluding carboxylic acids is 1. The van der Waals surface area contributed by atoms with Gasteiger partial charge in [0.2, 0.25) is 0 Å². The molecule has 1 amide bonds. The molecule has 0 unspecified atom stereocenters. The second-order valence-electron chi connectivity index (χ2n) is 4.10. The van der Waals surface area contributed by atoms with E-state index in [-0.39, 0.29) is 10.6 Å². The highest BCUT2D eigenvalue weighted by Gasteiger charge is 2.29. The third-order valence-electron chi connectivity index (χ3n) is 2.92. The minimum Gasteiger partial charge on any atom is -0.381 e. The number of primary amides is 1. The van der Waals surface area contributed by atoms with Crippen LogP contribution >= 0.6 is 0 Å². The van der Waals surface area contributed by atoms with Gasteiger partial charge in [0, 0.05) is 19.4 Å². The molecule has 0 radical (unpaired) electrons. The molecule has 18 heavy (non-hydrogen) atoms. The van der Waals surface area contributed by atoms with Crippen LogP contribution in [0.4, 0.5) is 0 Å². The minimum absolute atomic E-state index is 0.0564. The van der Waals surface area contributed by atoms with Gasteiger partial charge in [0.1, 0.15) is 5.69 Å². The Morgan fingerprint density at radius 3 is 2.50 bits per heavy atom. The second-order valence-corrected chi connectivity index (χ2v) is 6.33. The fourth-order valence-electron chi connectivity index (χ4n) is 1.87. The minimum atomic E-state index is -3.40. The van der Waals surface area contributed by atoms with Crippen molar-refractivity contribution in [2.24, 2.45) is 5.73 Å². The normalized spacial score (nSPS) is 17.6. The van der Waals surface area contributed by atoms with Crippen LogP contribution in [-0.4, -0.2) is 37.8 Å². The fourth-order valence-corrected chi connectivity index (χ4v) is 3.53. The van der Waals surface area contributed by atoms with E-state index in [1.165, 1.54) is 18.3 Å². The Labute approximate surface area is 105 Å². The Bertz CT molecular complexity index is 533. The van der Waals surface area contributed by atoms with Gasteiger partial charge in [-0.05, 0) is 25.0 Å². The first-order chi connectivity index (χ1) is 8.51. The molecule has 1 aliphatic heterocycles. The average molecular weight is 270 g/mol. The number of rotatable bonds is 3. The summed E-state index contributed by atoms with van der Waals surface area (Å²) < 4.78 is 29.7. The SMILES string of the molecule is NC(=O)c1ccc(S(=O)(=O)C2CCOCC2)cn1. The molecule has 0 atom stereocenters. The van der Waals surface area contributed by atoms with E-state index >= 15 is 0 Å². The van der Waals surface area contributed by atoms with Crippen molar-refractivity contribution in [3.05, 3.63) is 24.0 Å². The Balaban J connectivity index is 2.26. The van der Waals surface area contributed by atoms with Gasteiger partial charge in [-0.15, -0.1) is 0 Å². The molecule has 0 saturated carbocycles. The molecular formula is C11H14N2O4S. The summed E-state index contributed by atoms with van der Waals surface area (Å²) in [7, 11) is -3.40. The Morgan fingerprint density at radius 1 is 1.33 bits per heavy atom. The number of nitrogens with zero attached hydrogens (tertiary/aromatic N) is 1. The molecule has 1 aromatic heterocycles. The molecule has 1 saturated heterocycles. The van der Waals surface area contributed by atoms with Crippen LogP contribution < -0.4 is 5.73 Å². The van der Waals surface area contributed by atoms with Crippen LogP contribution in [0.2, 0.25) is 0 Å². The molecule has 7 heteroatoms. The number of pyridine rings is 1. The predicted molar refractivity (Wildman–Crippen MR) is 63.8 cm³/mol. The first-order valence-electron chi connectivity index (χ1n) is 5.59. The van der Waals surface area contributed by atoms with Gasteiger partial charge in [0.25, 0.3) is 5.91 Å². The summed E-state index contributed by atoms with van der Waals surface area (Å²) in [5.41, 5.74) is 5.10. The smallest absolute Gasteiger partial charge is 0.267 e. The highest BCUT2D eigenvalue weighted by atomic mass is 32.2. The zero-order valence-corrected chi connectivity index (χ0v) is 10.5. The zero-order valence-electron chi connectivity index (χ0n) is 9.70. The quantitative estimate of drug-likeness (QED) is 0.841. The molecule has 0 aliphatic carbocycles. The average Bonchev–Trinajstić information content (AvgIpc) is 2.40. The Morgan fingerprint density at radius 2 is 2.00 bits per heavy atom. The maximum atomic E-state index is 12.3. The third kappa shape index (κ3) is 2.51. The lowest BCUT2D eigenvalue weighted by molar-refractivity contribution is 0.0983. The molecule has 1 aliphatic rings. The standard InChI is InChI=1S/C11H14N2O4S/c12-11(14)10-2-1-9(7-13-10)18(15,16)8-3-5-17-6-4-8/h1-2,7-8H,3-6H2,(H2,12,14). The molecule has 6 nitrogen and oxygen atoms in total. The highest BCUT2D eigenvalue weighted by Crippen LogP contribution is 2.23. The van der Waals surface area contributed by atoms with E-state index in [2.05, 4.69) is 4.98 Å². The van der Waals surface area contributed by atoms with E-state index in [0.717, 1.165) is 0 Å². The van der Waals surface area contributed by atoms with Crippen LogP contribution in [0.5, 0.6) is 0 Å². The molecule has 0 spiro atoms. The second kappa shape index (κ2) is 5.03. The summed E-state index contributed by atoms with van der Waals surface area (Å²) >= 11 is 0. The van der Waals surface area contributed by atoms with Crippen LogP contribution in [0.1, 0.15) is 23.3 Å². The van der Waals surface area contributed by atoms with Crippen molar-refractivity contribution in [1.82, 2.24) is 4.98 Å². The number of nitrogens with two attached hydrogens (primary N) is 1. The summed E-state index contributed by atoms with van der Waals surface area (Å²) in [6, 6.07) is 2.70. The maximum Gasteiger partial charge on any atom is 0.267 e. The van der Waals surface area contributed by atoms with Crippen LogP contribution in [0, 0.1) is 0 Å². The van der Waals surface area contributed by atoms with Crippen molar-refractivity contribution in [1.29, 1.82) is 0 Å². The molecule has 98 valence electrons. The topological polar surface area (TPSA) is 99.4 Å². The number of sulfone groups is 1. The van der Waals surface area contributed by atoms with Gasteiger partial charge in [0.15, 0.2) is 9.84 Å². The largest absolute Gasteiger partial charge is 0.381 e. The van der Waals surface area contributed by atoms with E-state index in [9.17, 15) is 13.2 Å². The van der Waals surface area contributed by atoms with Crippen LogP contribution in [0.25, 0.3) is 0 Å². The molecule has 0 aromatic carbocycles. The number of hydrogen-bond acceptors (Lipinski definition) is 5. The Hall–Kier alpha value is -1.47. The predicted octanol–water partition coefficient (Wildman–Crippen LogP) is 0.133. The molecule has 2 heterocycles. The lowest BCUT2D eigenvalue weighted by Gasteiger charge is -2.21. The van der Waals surface area contributed by atoms with Crippen molar-refractivity contribution < 1.29 is 17.9 Å². The molecule has 2 rings (SSSR count). The van der Waals surface area contributed by atoms with Gasteiger partial charge >= 0.3 is 0 Å². The van der Waals surface area contributed by atoms with Crippen LogP contribution in [0.3, 0.4) is 0 Å². The van der Waals surface area contributed by atoms with Gasteiger partial charge in [-0.1, -0.05) is 0 Å². The summed E-state index contributed by atoms with van der Waals surface area (Å²) in [4.78, 5) is 14.7. The third-order valence-corrected chi connectivity index (χ3v) is 5.17. The van der Waals surface area contributed by atoms with E-state index in [1.807, 2.05) is 0 Å². The lowest BCUT2D eigenvalue weighted by Crippen LogP contribution is -2.29. The summed E-state index contributed by atoms with van der Waals surface area (Å²) in [5, 5.41) is -0.438. The van der Waals surface area contributed by atoms with Crippen molar-refractivity contribution in [2.45, 2.75) is 23.0 Å². The number of amides is 1. The summed E-state index contributed by atoms with van der Waals surface area (Å²) in [6.45, 7) is 0.910. The number of carbonyl (C=O) groups is 1. The van der Waals surface area contributed by atoms with Crippen LogP contribution in [-0.2, 0) is 14.6 Å². The number of aromatic nitrogens is 1. The lowest BCUT2D eigenvalue weighted by atomic mass is 10.2. The molecule has 0 bridgehead atoms. The van der Waals surface area contributed by atoms with E-state index in [1.54, 1.807) is 0 Å². The van der Waals surface area contributed by atoms with Crippen LogP contribution in [0.15, 0.2) is 23.2 Å². The molecule has 2 N–H and O–H groups in total. The van der Waals surface area contributed by atoms with Crippen molar-refractivity contribution in [2.75, 3.05) is 13.2 Å². The van der Waals surface area contributed by atoms with Gasteiger partial charge in [-0.3, -0.25) is 4.79 Å². The van der Waals surface area contributed by atoms with E-state index in [0.29, 0.717) is 26.1 Å². The number of ether oxygens (including phenoxy) is 1. The summed E-state index contributed by atoms with van der Waals surface area (Å²) in [5.74, 6) is -0.676. The van der Waals surface area contributed by atoms with E-state index in [4.69, 9.17) is 10.5 Å². The zero-order chi connectivity index (χ0) is 13.2. The summed E-state index contributed by atoms with van der Waals surface area (Å²) in [6.07, 6.45) is 2.16.